The molecular weight excluding hydrogens is 412 g/mol. The average Bonchev–Trinajstić information content (AvgIpc) is 2.89. The van der Waals surface area contributed by atoms with Crippen LogP contribution in [0.3, 0.4) is 0 Å². The number of pyridine rings is 4. The number of unbranched alkanes of at least 4 members (excludes halogenated alkanes) is 4. The fourth-order valence-electron chi connectivity index (χ4n) is 3.39. The second-order valence-corrected chi connectivity index (χ2v) is 7.62. The minimum Gasteiger partial charge on any atom is -0.478 e. The van der Waals surface area contributed by atoms with Gasteiger partial charge in [0.05, 0.1) is 36.0 Å². The maximum absolute atomic E-state index is 5.82. The van der Waals surface area contributed by atoms with E-state index in [0.717, 1.165) is 54.9 Å². The molecule has 0 aliphatic carbocycles. The van der Waals surface area contributed by atoms with Crippen LogP contribution >= 0.6 is 0 Å². The Balaban J connectivity index is 1.09. The molecule has 168 valence electrons. The normalized spacial score (nSPS) is 10.7. The van der Waals surface area contributed by atoms with E-state index >= 15 is 0 Å². The molecule has 6 nitrogen and oxygen atoms in total. The van der Waals surface area contributed by atoms with Gasteiger partial charge in [-0.1, -0.05) is 43.5 Å². The standard InChI is InChI=1S/C27H28N4O2/c1(2-8-20-32-26-16-10-14-24(30-26)22-12-4-6-18-28-22)3-9-21-33-27-17-11-15-25(31-27)23-13-5-7-19-29-23/h4-7,10-19H,1-3,8-9,20-21H2. The van der Waals surface area contributed by atoms with Crippen LogP contribution in [0.4, 0.5) is 0 Å². The molecule has 0 amide bonds. The highest BCUT2D eigenvalue weighted by Crippen LogP contribution is 2.19. The van der Waals surface area contributed by atoms with Crippen molar-refractivity contribution in [1.29, 1.82) is 0 Å². The third-order valence-corrected chi connectivity index (χ3v) is 5.09. The highest BCUT2D eigenvalue weighted by molar-refractivity contribution is 5.54. The summed E-state index contributed by atoms with van der Waals surface area (Å²) in [5, 5.41) is 0. The van der Waals surface area contributed by atoms with Crippen LogP contribution in [0.2, 0.25) is 0 Å². The first-order chi connectivity index (χ1) is 16.4. The molecule has 0 aliphatic rings. The highest BCUT2D eigenvalue weighted by Gasteiger charge is 2.04. The van der Waals surface area contributed by atoms with Gasteiger partial charge < -0.3 is 9.47 Å². The smallest absolute Gasteiger partial charge is 0.213 e. The Morgan fingerprint density at radius 3 is 1.36 bits per heavy atom. The lowest BCUT2D eigenvalue weighted by Crippen LogP contribution is -2.01. The Morgan fingerprint density at radius 2 is 0.909 bits per heavy atom. The van der Waals surface area contributed by atoms with Crippen LogP contribution in [0, 0.1) is 0 Å². The van der Waals surface area contributed by atoms with E-state index in [1.165, 1.54) is 0 Å². The summed E-state index contributed by atoms with van der Waals surface area (Å²) in [7, 11) is 0. The predicted molar refractivity (Wildman–Crippen MR) is 129 cm³/mol. The number of nitrogens with zero attached hydrogens (tertiary/aromatic N) is 4. The van der Waals surface area contributed by atoms with Crippen molar-refractivity contribution < 1.29 is 9.47 Å². The highest BCUT2D eigenvalue weighted by atomic mass is 16.5. The number of aromatic nitrogens is 4. The van der Waals surface area contributed by atoms with Crippen molar-refractivity contribution in [2.24, 2.45) is 0 Å². The van der Waals surface area contributed by atoms with Gasteiger partial charge in [0.1, 0.15) is 0 Å². The molecule has 0 spiro atoms. The largest absolute Gasteiger partial charge is 0.478 e. The summed E-state index contributed by atoms with van der Waals surface area (Å²) < 4.78 is 11.6. The van der Waals surface area contributed by atoms with Gasteiger partial charge in [-0.15, -0.1) is 0 Å². The van der Waals surface area contributed by atoms with Crippen molar-refractivity contribution >= 4 is 0 Å². The van der Waals surface area contributed by atoms with Crippen LogP contribution in [-0.4, -0.2) is 33.1 Å². The zero-order valence-corrected chi connectivity index (χ0v) is 18.6. The molecule has 4 heterocycles. The van der Waals surface area contributed by atoms with Crippen molar-refractivity contribution in [2.75, 3.05) is 13.2 Å². The van der Waals surface area contributed by atoms with E-state index in [0.29, 0.717) is 25.0 Å². The zero-order valence-electron chi connectivity index (χ0n) is 18.6. The molecule has 0 saturated carbocycles. The first kappa shape index (κ1) is 22.4. The second kappa shape index (κ2) is 12.3. The zero-order chi connectivity index (χ0) is 22.6. The van der Waals surface area contributed by atoms with Gasteiger partial charge >= 0.3 is 0 Å². The van der Waals surface area contributed by atoms with Gasteiger partial charge in [0.2, 0.25) is 11.8 Å². The molecule has 0 saturated heterocycles. The van der Waals surface area contributed by atoms with E-state index < -0.39 is 0 Å². The monoisotopic (exact) mass is 440 g/mol. The van der Waals surface area contributed by atoms with Crippen molar-refractivity contribution in [1.82, 2.24) is 19.9 Å². The second-order valence-electron chi connectivity index (χ2n) is 7.62. The van der Waals surface area contributed by atoms with Crippen LogP contribution in [0.1, 0.15) is 32.1 Å². The summed E-state index contributed by atoms with van der Waals surface area (Å²) in [6, 6.07) is 23.2. The Kier molecular flexibility index (Phi) is 8.34. The van der Waals surface area contributed by atoms with E-state index in [9.17, 15) is 0 Å². The third-order valence-electron chi connectivity index (χ3n) is 5.09. The van der Waals surface area contributed by atoms with Gasteiger partial charge in [-0.25, -0.2) is 9.97 Å². The van der Waals surface area contributed by atoms with Crippen molar-refractivity contribution in [3.05, 3.63) is 85.2 Å². The van der Waals surface area contributed by atoms with Crippen LogP contribution in [0.25, 0.3) is 22.8 Å². The molecule has 0 bridgehead atoms. The van der Waals surface area contributed by atoms with Crippen LogP contribution < -0.4 is 9.47 Å². The Labute approximate surface area is 194 Å². The van der Waals surface area contributed by atoms with Crippen LogP contribution in [0.5, 0.6) is 11.8 Å². The van der Waals surface area contributed by atoms with Crippen molar-refractivity contribution in [3.63, 3.8) is 0 Å². The number of hydrogen-bond acceptors (Lipinski definition) is 6. The predicted octanol–water partition coefficient (Wildman–Crippen LogP) is 6.01. The molecule has 6 heteroatoms. The molecule has 0 N–H and O–H groups in total. The van der Waals surface area contributed by atoms with Gasteiger partial charge in [0.15, 0.2) is 0 Å². The maximum atomic E-state index is 5.82. The van der Waals surface area contributed by atoms with E-state index in [4.69, 9.17) is 9.47 Å². The lowest BCUT2D eigenvalue weighted by atomic mass is 10.1. The average molecular weight is 441 g/mol. The summed E-state index contributed by atoms with van der Waals surface area (Å²) in [6.07, 6.45) is 8.93. The lowest BCUT2D eigenvalue weighted by molar-refractivity contribution is 0.283. The molecule has 0 aliphatic heterocycles. The first-order valence-electron chi connectivity index (χ1n) is 11.4. The fourth-order valence-corrected chi connectivity index (χ4v) is 3.39. The topological polar surface area (TPSA) is 70.0 Å². The van der Waals surface area contributed by atoms with Crippen molar-refractivity contribution in [2.45, 2.75) is 32.1 Å². The molecule has 4 aromatic rings. The molecule has 4 aromatic heterocycles. The summed E-state index contributed by atoms with van der Waals surface area (Å²) in [5.74, 6) is 1.29. The van der Waals surface area contributed by atoms with Gasteiger partial charge in [0, 0.05) is 24.5 Å². The number of rotatable bonds is 12. The molecular formula is C27H28N4O2. The van der Waals surface area contributed by atoms with Gasteiger partial charge in [-0.3, -0.25) is 9.97 Å². The summed E-state index contributed by atoms with van der Waals surface area (Å²) >= 11 is 0. The molecule has 33 heavy (non-hydrogen) atoms. The van der Waals surface area contributed by atoms with E-state index in [2.05, 4.69) is 19.9 Å². The summed E-state index contributed by atoms with van der Waals surface area (Å²) in [6.45, 7) is 1.33. The first-order valence-corrected chi connectivity index (χ1v) is 11.4. The van der Waals surface area contributed by atoms with Gasteiger partial charge in [-0.05, 0) is 49.2 Å². The quantitative estimate of drug-likeness (QED) is 0.251. The minimum atomic E-state index is 0.645. The van der Waals surface area contributed by atoms with Crippen LogP contribution in [-0.2, 0) is 0 Å². The van der Waals surface area contributed by atoms with Gasteiger partial charge in [0.25, 0.3) is 0 Å². The van der Waals surface area contributed by atoms with Crippen LogP contribution in [0.15, 0.2) is 85.2 Å². The summed E-state index contributed by atoms with van der Waals surface area (Å²) in [4.78, 5) is 17.8. The summed E-state index contributed by atoms with van der Waals surface area (Å²) in [5.41, 5.74) is 3.36. The Bertz CT molecular complexity index is 1020. The minimum absolute atomic E-state index is 0.645. The van der Waals surface area contributed by atoms with E-state index in [1.807, 2.05) is 72.8 Å². The fraction of sp³-hybridized carbons (Fsp3) is 0.259. The molecule has 0 fully saturated rings. The van der Waals surface area contributed by atoms with Crippen molar-refractivity contribution in [3.8, 4) is 34.5 Å². The molecule has 0 radical (unpaired) electrons. The maximum Gasteiger partial charge on any atom is 0.213 e. The van der Waals surface area contributed by atoms with E-state index in [-0.39, 0.29) is 0 Å². The third kappa shape index (κ3) is 7.10. The molecule has 0 atom stereocenters. The Morgan fingerprint density at radius 1 is 0.455 bits per heavy atom. The van der Waals surface area contributed by atoms with E-state index in [1.54, 1.807) is 12.4 Å². The number of hydrogen-bond donors (Lipinski definition) is 0. The number of ether oxygens (including phenoxy) is 2. The SMILES string of the molecule is c1ccc(-c2cccc(OCCCCCCCOc3cccc(-c4ccccn4)n3)n2)nc1. The molecule has 0 aromatic carbocycles. The lowest BCUT2D eigenvalue weighted by Gasteiger charge is -2.08. The van der Waals surface area contributed by atoms with Gasteiger partial charge in [-0.2, -0.15) is 0 Å². The molecule has 4 rings (SSSR count). The Hall–Kier alpha value is -3.80. The molecule has 0 unspecified atom stereocenters.